The van der Waals surface area contributed by atoms with Gasteiger partial charge in [0.1, 0.15) is 5.75 Å². The van der Waals surface area contributed by atoms with Gasteiger partial charge < -0.3 is 9.64 Å². The van der Waals surface area contributed by atoms with E-state index in [0.29, 0.717) is 13.1 Å². The second-order valence-corrected chi connectivity index (χ2v) is 7.19. The number of aryl methyl sites for hydroxylation is 2. The van der Waals surface area contributed by atoms with Crippen molar-refractivity contribution in [3.63, 3.8) is 0 Å². The summed E-state index contributed by atoms with van der Waals surface area (Å²) in [5, 5.41) is 0. The number of hydrogen-bond donors (Lipinski definition) is 0. The molecule has 0 bridgehead atoms. The van der Waals surface area contributed by atoms with Gasteiger partial charge in [0, 0.05) is 13.1 Å². The first-order chi connectivity index (χ1) is 13.5. The summed E-state index contributed by atoms with van der Waals surface area (Å²) in [4.78, 5) is 15.1. The summed E-state index contributed by atoms with van der Waals surface area (Å²) in [7, 11) is 0. The molecule has 1 amide bonds. The van der Waals surface area contributed by atoms with Crippen LogP contribution in [0.2, 0.25) is 0 Å². The highest BCUT2D eigenvalue weighted by Crippen LogP contribution is 2.22. The van der Waals surface area contributed by atoms with Crippen molar-refractivity contribution in [1.82, 2.24) is 4.90 Å². The van der Waals surface area contributed by atoms with E-state index in [9.17, 15) is 4.79 Å². The Morgan fingerprint density at radius 3 is 1.93 bits per heavy atom. The Hall–Kier alpha value is -3.07. The van der Waals surface area contributed by atoms with Gasteiger partial charge >= 0.3 is 0 Å². The Morgan fingerprint density at radius 1 is 0.857 bits per heavy atom. The van der Waals surface area contributed by atoms with E-state index in [1.54, 1.807) is 0 Å². The van der Waals surface area contributed by atoms with Gasteiger partial charge in [0.05, 0.1) is 0 Å². The third kappa shape index (κ3) is 5.23. The molecule has 3 aromatic carbocycles. The van der Waals surface area contributed by atoms with Crippen LogP contribution in [0.15, 0.2) is 78.9 Å². The molecule has 0 heterocycles. The van der Waals surface area contributed by atoms with Gasteiger partial charge in [-0.3, -0.25) is 4.79 Å². The fourth-order valence-corrected chi connectivity index (χ4v) is 3.15. The number of nitrogens with zero attached hydrogens (tertiary/aromatic N) is 1. The average molecular weight is 373 g/mol. The lowest BCUT2D eigenvalue weighted by Gasteiger charge is -2.27. The predicted octanol–water partition coefficient (Wildman–Crippen LogP) is 5.30. The average Bonchev–Trinajstić information content (AvgIpc) is 2.71. The molecular weight excluding hydrogens is 346 g/mol. The number of carbonyl (C=O) groups is 1. The molecule has 28 heavy (non-hydrogen) atoms. The molecule has 3 heteroatoms. The number of carbonyl (C=O) groups excluding carboxylic acids is 1. The molecule has 0 aliphatic heterocycles. The van der Waals surface area contributed by atoms with E-state index < -0.39 is 6.10 Å². The Bertz CT molecular complexity index is 865. The minimum Gasteiger partial charge on any atom is -0.481 e. The van der Waals surface area contributed by atoms with Crippen molar-refractivity contribution in [1.29, 1.82) is 0 Å². The first-order valence-electron chi connectivity index (χ1n) is 9.63. The maximum atomic E-state index is 13.3. The van der Waals surface area contributed by atoms with E-state index in [1.807, 2.05) is 105 Å². The monoisotopic (exact) mass is 373 g/mol. The summed E-state index contributed by atoms with van der Waals surface area (Å²) in [5.74, 6) is 0.744. The summed E-state index contributed by atoms with van der Waals surface area (Å²) in [6, 6.07) is 26.2. The number of rotatable bonds is 7. The zero-order valence-corrected chi connectivity index (χ0v) is 16.8. The standard InChI is InChI=1S/C25H27NO2/c1-19-14-15-20(2)24(16-19)28-21(3)25(27)26(17-22-10-6-4-7-11-22)18-23-12-8-5-9-13-23/h4-16,21H,17-18H2,1-3H3/t21-/m0/s1. The topological polar surface area (TPSA) is 29.5 Å². The number of benzene rings is 3. The van der Waals surface area contributed by atoms with Crippen molar-refractivity contribution in [2.75, 3.05) is 0 Å². The van der Waals surface area contributed by atoms with Crippen LogP contribution < -0.4 is 4.74 Å². The van der Waals surface area contributed by atoms with E-state index in [2.05, 4.69) is 0 Å². The molecule has 0 aliphatic rings. The van der Waals surface area contributed by atoms with Crippen LogP contribution in [0.5, 0.6) is 5.75 Å². The number of hydrogen-bond acceptors (Lipinski definition) is 2. The predicted molar refractivity (Wildman–Crippen MR) is 113 cm³/mol. The summed E-state index contributed by atoms with van der Waals surface area (Å²) < 4.78 is 6.05. The fraction of sp³-hybridized carbons (Fsp3) is 0.240. The van der Waals surface area contributed by atoms with Crippen molar-refractivity contribution in [3.05, 3.63) is 101 Å². The van der Waals surface area contributed by atoms with Crippen LogP contribution in [0.3, 0.4) is 0 Å². The molecule has 0 saturated carbocycles. The summed E-state index contributed by atoms with van der Waals surface area (Å²) in [5.41, 5.74) is 4.35. The maximum absolute atomic E-state index is 13.3. The third-order valence-electron chi connectivity index (χ3n) is 4.74. The molecule has 144 valence electrons. The van der Waals surface area contributed by atoms with E-state index in [-0.39, 0.29) is 5.91 Å². The van der Waals surface area contributed by atoms with Gasteiger partial charge in [-0.2, -0.15) is 0 Å². The highest BCUT2D eigenvalue weighted by molar-refractivity contribution is 5.81. The van der Waals surface area contributed by atoms with E-state index in [4.69, 9.17) is 4.74 Å². The van der Waals surface area contributed by atoms with Gasteiger partial charge in [-0.05, 0) is 49.1 Å². The Morgan fingerprint density at radius 2 is 1.39 bits per heavy atom. The molecule has 3 rings (SSSR count). The fourth-order valence-electron chi connectivity index (χ4n) is 3.15. The normalized spacial score (nSPS) is 11.7. The minimum absolute atomic E-state index is 0.0198. The lowest BCUT2D eigenvalue weighted by molar-refractivity contribution is -0.139. The number of amides is 1. The second kappa shape index (κ2) is 9.23. The van der Waals surface area contributed by atoms with E-state index in [1.165, 1.54) is 0 Å². The van der Waals surface area contributed by atoms with Crippen LogP contribution in [0, 0.1) is 13.8 Å². The number of ether oxygens (including phenoxy) is 1. The molecular formula is C25H27NO2. The van der Waals surface area contributed by atoms with Crippen molar-refractivity contribution in [2.45, 2.75) is 40.0 Å². The van der Waals surface area contributed by atoms with Crippen LogP contribution in [-0.4, -0.2) is 16.9 Å². The summed E-state index contributed by atoms with van der Waals surface area (Å²) in [6.45, 7) is 6.95. The Labute approximate surface area is 167 Å². The quantitative estimate of drug-likeness (QED) is 0.562. The Kier molecular flexibility index (Phi) is 6.49. The van der Waals surface area contributed by atoms with Gasteiger partial charge in [0.2, 0.25) is 0 Å². The largest absolute Gasteiger partial charge is 0.481 e. The Balaban J connectivity index is 1.79. The molecule has 0 unspecified atom stereocenters. The van der Waals surface area contributed by atoms with Gasteiger partial charge in [0.15, 0.2) is 6.10 Å². The molecule has 0 saturated heterocycles. The molecule has 1 atom stereocenters. The summed E-state index contributed by atoms with van der Waals surface area (Å²) >= 11 is 0. The van der Waals surface area contributed by atoms with Crippen molar-refractivity contribution in [3.8, 4) is 5.75 Å². The van der Waals surface area contributed by atoms with Gasteiger partial charge in [-0.25, -0.2) is 0 Å². The lowest BCUT2D eigenvalue weighted by atomic mass is 10.1. The zero-order chi connectivity index (χ0) is 19.9. The lowest BCUT2D eigenvalue weighted by Crippen LogP contribution is -2.39. The molecule has 0 aromatic heterocycles. The highest BCUT2D eigenvalue weighted by atomic mass is 16.5. The van der Waals surface area contributed by atoms with Crippen LogP contribution in [0.4, 0.5) is 0 Å². The molecule has 3 aromatic rings. The van der Waals surface area contributed by atoms with E-state index in [0.717, 1.165) is 28.0 Å². The molecule has 0 N–H and O–H groups in total. The van der Waals surface area contributed by atoms with Crippen molar-refractivity contribution < 1.29 is 9.53 Å². The van der Waals surface area contributed by atoms with Crippen molar-refractivity contribution >= 4 is 5.91 Å². The maximum Gasteiger partial charge on any atom is 0.263 e. The van der Waals surface area contributed by atoms with Crippen molar-refractivity contribution in [2.24, 2.45) is 0 Å². The SMILES string of the molecule is Cc1ccc(C)c(O[C@@H](C)C(=O)N(Cc2ccccc2)Cc2ccccc2)c1. The highest BCUT2D eigenvalue weighted by Gasteiger charge is 2.23. The van der Waals surface area contributed by atoms with Gasteiger partial charge in [0.25, 0.3) is 5.91 Å². The second-order valence-electron chi connectivity index (χ2n) is 7.19. The van der Waals surface area contributed by atoms with Gasteiger partial charge in [-0.1, -0.05) is 72.8 Å². The molecule has 3 nitrogen and oxygen atoms in total. The molecule has 0 spiro atoms. The first-order valence-corrected chi connectivity index (χ1v) is 9.63. The zero-order valence-electron chi connectivity index (χ0n) is 16.8. The smallest absolute Gasteiger partial charge is 0.263 e. The molecule has 0 aliphatic carbocycles. The van der Waals surface area contributed by atoms with Crippen LogP contribution >= 0.6 is 0 Å². The molecule has 0 fully saturated rings. The van der Waals surface area contributed by atoms with E-state index >= 15 is 0 Å². The van der Waals surface area contributed by atoms with Crippen LogP contribution in [-0.2, 0) is 17.9 Å². The molecule has 0 radical (unpaired) electrons. The van der Waals surface area contributed by atoms with Crippen LogP contribution in [0.1, 0.15) is 29.2 Å². The van der Waals surface area contributed by atoms with Crippen LogP contribution in [0.25, 0.3) is 0 Å². The minimum atomic E-state index is -0.562. The third-order valence-corrected chi connectivity index (χ3v) is 4.74. The summed E-state index contributed by atoms with van der Waals surface area (Å²) in [6.07, 6.45) is -0.562. The van der Waals surface area contributed by atoms with Gasteiger partial charge in [-0.15, -0.1) is 0 Å². The first kappa shape index (κ1) is 19.7.